The molecule has 0 bridgehead atoms. The molecular weight excluding hydrogens is 322 g/mol. The molecule has 1 aromatic rings. The lowest BCUT2D eigenvalue weighted by Gasteiger charge is -2.33. The van der Waals surface area contributed by atoms with E-state index in [0.29, 0.717) is 28.9 Å². The van der Waals surface area contributed by atoms with Crippen LogP contribution in [0.1, 0.15) is 38.3 Å². The lowest BCUT2D eigenvalue weighted by Crippen LogP contribution is -2.28. The summed E-state index contributed by atoms with van der Waals surface area (Å²) in [4.78, 5) is 27.6. The van der Waals surface area contributed by atoms with Gasteiger partial charge in [0.2, 0.25) is 12.6 Å². The van der Waals surface area contributed by atoms with Crippen molar-refractivity contribution in [3.8, 4) is 0 Å². The number of likely N-dealkylation sites (N-methyl/N-ethyl adjacent to an activating group) is 1. The van der Waals surface area contributed by atoms with Crippen molar-refractivity contribution < 1.29 is 23.8 Å². The van der Waals surface area contributed by atoms with Gasteiger partial charge in [0.25, 0.3) is 0 Å². The second-order valence-electron chi connectivity index (χ2n) is 6.42. The zero-order chi connectivity index (χ0) is 17.3. The Morgan fingerprint density at radius 2 is 2.00 bits per heavy atom. The molecule has 4 aliphatic rings. The van der Waals surface area contributed by atoms with Crippen LogP contribution < -0.4 is 4.90 Å². The van der Waals surface area contributed by atoms with Crippen molar-refractivity contribution in [3.05, 3.63) is 52.0 Å². The number of anilines is 1. The molecule has 0 radical (unpaired) electrons. The Bertz CT molecular complexity index is 967. The molecule has 0 atom stereocenters. The van der Waals surface area contributed by atoms with E-state index in [0.717, 1.165) is 29.1 Å². The number of methoxy groups -OCH3 is 1. The van der Waals surface area contributed by atoms with E-state index in [9.17, 15) is 9.59 Å². The normalized spacial score (nSPS) is 20.2. The minimum Gasteiger partial charge on any atom is -0.492 e. The molecule has 0 aromatic heterocycles. The van der Waals surface area contributed by atoms with E-state index in [1.54, 1.807) is 6.07 Å². The first kappa shape index (κ1) is 14.3. The van der Waals surface area contributed by atoms with Crippen molar-refractivity contribution in [2.24, 2.45) is 0 Å². The van der Waals surface area contributed by atoms with Crippen molar-refractivity contribution in [2.75, 3.05) is 32.4 Å². The summed E-state index contributed by atoms with van der Waals surface area (Å²) >= 11 is 0. The monoisotopic (exact) mass is 337 g/mol. The number of ketones is 2. The summed E-state index contributed by atoms with van der Waals surface area (Å²) < 4.78 is 16.4. The lowest BCUT2D eigenvalue weighted by molar-refractivity contribution is 0.0865. The van der Waals surface area contributed by atoms with Crippen LogP contribution in [0.5, 0.6) is 0 Å². The van der Waals surface area contributed by atoms with Gasteiger partial charge in [-0.2, -0.15) is 0 Å². The van der Waals surface area contributed by atoms with Gasteiger partial charge in [-0.25, -0.2) is 0 Å². The van der Waals surface area contributed by atoms with Gasteiger partial charge in [-0.1, -0.05) is 6.08 Å². The molecule has 0 amide bonds. The van der Waals surface area contributed by atoms with Crippen LogP contribution in [0.2, 0.25) is 0 Å². The highest BCUT2D eigenvalue weighted by molar-refractivity contribution is 6.26. The summed E-state index contributed by atoms with van der Waals surface area (Å²) in [5.74, 6) is 0.834. The fourth-order valence-electron chi connectivity index (χ4n) is 3.93. The number of fused-ring (bicyclic) bond motifs is 3. The molecule has 5 rings (SSSR count). The molecule has 2 heterocycles. The van der Waals surface area contributed by atoms with Crippen LogP contribution in [0.3, 0.4) is 0 Å². The molecule has 0 spiro atoms. The zero-order valence-corrected chi connectivity index (χ0v) is 13.8. The first-order chi connectivity index (χ1) is 12.1. The number of ether oxygens (including phenoxy) is 3. The number of allylic oxidation sites excluding steroid dienone is 3. The van der Waals surface area contributed by atoms with Gasteiger partial charge in [-0.3, -0.25) is 9.59 Å². The van der Waals surface area contributed by atoms with Gasteiger partial charge in [0, 0.05) is 54.0 Å². The summed E-state index contributed by atoms with van der Waals surface area (Å²) in [7, 11) is 3.36. The van der Waals surface area contributed by atoms with Gasteiger partial charge in [0.15, 0.2) is 17.3 Å². The highest BCUT2D eigenvalue weighted by Gasteiger charge is 2.40. The van der Waals surface area contributed by atoms with E-state index in [-0.39, 0.29) is 24.1 Å². The lowest BCUT2D eigenvalue weighted by atomic mass is 9.78. The second-order valence-corrected chi connectivity index (χ2v) is 6.42. The predicted octanol–water partition coefficient (Wildman–Crippen LogP) is 2.51. The predicted molar refractivity (Wildman–Crippen MR) is 90.0 cm³/mol. The molecular formula is C19H15NO5. The summed E-state index contributed by atoms with van der Waals surface area (Å²) in [6, 6.07) is 1.80. The number of carbonyl (C=O) groups is 2. The van der Waals surface area contributed by atoms with Crippen molar-refractivity contribution in [2.45, 2.75) is 6.42 Å². The molecule has 0 saturated carbocycles. The third-order valence-electron chi connectivity index (χ3n) is 5.12. The molecule has 0 fully saturated rings. The Labute approximate surface area is 144 Å². The largest absolute Gasteiger partial charge is 0.492 e. The van der Waals surface area contributed by atoms with Crippen molar-refractivity contribution in [1.82, 2.24) is 0 Å². The first-order valence-electron chi connectivity index (χ1n) is 8.05. The quantitative estimate of drug-likeness (QED) is 0.784. The fraction of sp³-hybridized carbons (Fsp3) is 0.263. The van der Waals surface area contributed by atoms with Gasteiger partial charge in [-0.05, 0) is 11.6 Å². The minimum absolute atomic E-state index is 0.0625. The maximum Gasteiger partial charge on any atom is 0.230 e. The van der Waals surface area contributed by atoms with E-state index >= 15 is 0 Å². The van der Waals surface area contributed by atoms with Gasteiger partial charge in [-0.15, -0.1) is 0 Å². The fourth-order valence-corrected chi connectivity index (χ4v) is 3.93. The van der Waals surface area contributed by atoms with Crippen molar-refractivity contribution in [3.63, 3.8) is 0 Å². The van der Waals surface area contributed by atoms with Crippen molar-refractivity contribution in [1.29, 1.82) is 0 Å². The number of nitrogens with zero attached hydrogens (tertiary/aromatic N) is 1. The summed E-state index contributed by atoms with van der Waals surface area (Å²) in [6.07, 6.45) is 4.03. The summed E-state index contributed by atoms with van der Waals surface area (Å²) in [5, 5.41) is 0. The van der Waals surface area contributed by atoms with Gasteiger partial charge >= 0.3 is 0 Å². The molecule has 126 valence electrons. The number of hydrogen-bond acceptors (Lipinski definition) is 6. The zero-order valence-electron chi connectivity index (χ0n) is 13.8. The van der Waals surface area contributed by atoms with Gasteiger partial charge in [0.1, 0.15) is 5.76 Å². The van der Waals surface area contributed by atoms with E-state index in [1.165, 1.54) is 13.2 Å². The van der Waals surface area contributed by atoms with Gasteiger partial charge < -0.3 is 19.1 Å². The van der Waals surface area contributed by atoms with Gasteiger partial charge in [0.05, 0.1) is 7.11 Å². The minimum atomic E-state index is -0.285. The molecule has 6 heteroatoms. The smallest absolute Gasteiger partial charge is 0.230 e. The number of carbonyl (C=O) groups excluding carboxylic acids is 2. The highest BCUT2D eigenvalue weighted by atomic mass is 16.7. The van der Waals surface area contributed by atoms with Crippen molar-refractivity contribution >= 4 is 28.6 Å². The first-order valence-corrected chi connectivity index (χ1v) is 8.05. The van der Waals surface area contributed by atoms with Crippen LogP contribution in [0.15, 0.2) is 29.7 Å². The molecule has 2 aliphatic heterocycles. The van der Waals surface area contributed by atoms with Crippen LogP contribution in [0, 0.1) is 0 Å². The Morgan fingerprint density at radius 3 is 2.80 bits per heavy atom. The van der Waals surface area contributed by atoms with E-state index in [4.69, 9.17) is 14.2 Å². The number of hydrogen-bond donors (Lipinski definition) is 0. The highest BCUT2D eigenvalue weighted by Crippen LogP contribution is 2.50. The van der Waals surface area contributed by atoms with Crippen LogP contribution in [-0.2, 0) is 14.2 Å². The SMILES string of the molecule is COC1=CC(=O)c2c(cc3c4c2C2=C(CC4=CCN3C)OCO2)C1=O. The summed E-state index contributed by atoms with van der Waals surface area (Å²) in [5.41, 5.74) is 4.41. The number of benzene rings is 1. The number of rotatable bonds is 1. The molecule has 0 unspecified atom stereocenters. The standard InChI is InChI=1S/C19H15NO5/c1-20-4-3-9-5-14-19(25-8-24-14)17-15(9)11(20)6-10-16(17)12(21)7-13(23-2)18(10)22/h3,6-7H,4-5,8H2,1-2H3. The Kier molecular flexibility index (Phi) is 2.72. The Hall–Kier alpha value is -3.02. The van der Waals surface area contributed by atoms with E-state index in [2.05, 4.69) is 11.0 Å². The maximum absolute atomic E-state index is 12.8. The van der Waals surface area contributed by atoms with Crippen LogP contribution in [0.25, 0.3) is 11.3 Å². The second kappa shape index (κ2) is 4.75. The van der Waals surface area contributed by atoms with Crippen LogP contribution in [0.4, 0.5) is 5.69 Å². The molecule has 2 aliphatic carbocycles. The summed E-state index contributed by atoms with van der Waals surface area (Å²) in [6.45, 7) is 0.868. The molecule has 25 heavy (non-hydrogen) atoms. The van der Waals surface area contributed by atoms with Crippen LogP contribution in [-0.4, -0.2) is 39.1 Å². The molecule has 1 aromatic carbocycles. The average molecular weight is 337 g/mol. The molecule has 0 saturated heterocycles. The maximum atomic E-state index is 12.8. The third kappa shape index (κ3) is 1.74. The van der Waals surface area contributed by atoms with E-state index < -0.39 is 0 Å². The molecule has 6 nitrogen and oxygen atoms in total. The Balaban J connectivity index is 1.89. The Morgan fingerprint density at radius 1 is 1.16 bits per heavy atom. The topological polar surface area (TPSA) is 65.1 Å². The molecule has 0 N–H and O–H groups in total. The third-order valence-corrected chi connectivity index (χ3v) is 5.12. The average Bonchev–Trinajstić information content (AvgIpc) is 3.08. The van der Waals surface area contributed by atoms with Crippen LogP contribution >= 0.6 is 0 Å². The number of Topliss-reactive ketones (excluding diaryl/α,β-unsaturated/α-hetero) is 1. The van der Waals surface area contributed by atoms with E-state index in [1.807, 2.05) is 7.05 Å².